The number of rotatable bonds is 6. The highest BCUT2D eigenvalue weighted by molar-refractivity contribution is 9.10. The highest BCUT2D eigenvalue weighted by Gasteiger charge is 2.09. The third-order valence-corrected chi connectivity index (χ3v) is 4.76. The summed E-state index contributed by atoms with van der Waals surface area (Å²) >= 11 is 3.55. The van der Waals surface area contributed by atoms with Crippen molar-refractivity contribution in [1.82, 2.24) is 5.43 Å². The maximum absolute atomic E-state index is 12.1. The number of hydrogen-bond acceptors (Lipinski definition) is 3. The fourth-order valence-electron chi connectivity index (χ4n) is 2.61. The van der Waals surface area contributed by atoms with E-state index in [1.54, 1.807) is 0 Å². The quantitative estimate of drug-likeness (QED) is 0.463. The molecule has 0 aromatic heterocycles. The minimum absolute atomic E-state index is 0.105. The lowest BCUT2D eigenvalue weighted by molar-refractivity contribution is -0.123. The first-order valence-corrected chi connectivity index (χ1v) is 9.19. The number of amides is 1. The molecule has 3 rings (SSSR count). The molecule has 1 amide bonds. The van der Waals surface area contributed by atoms with E-state index in [4.69, 9.17) is 4.74 Å². The molecule has 0 aliphatic heterocycles. The maximum atomic E-state index is 12.1. The van der Waals surface area contributed by atoms with E-state index in [1.165, 1.54) is 0 Å². The normalized spacial score (nSPS) is 11.4. The molecule has 26 heavy (non-hydrogen) atoms. The van der Waals surface area contributed by atoms with Crippen LogP contribution in [-0.2, 0) is 4.79 Å². The van der Waals surface area contributed by atoms with E-state index >= 15 is 0 Å². The van der Waals surface area contributed by atoms with Crippen molar-refractivity contribution in [2.24, 2.45) is 5.10 Å². The Morgan fingerprint density at radius 3 is 2.54 bits per heavy atom. The van der Waals surface area contributed by atoms with Crippen molar-refractivity contribution in [1.29, 1.82) is 0 Å². The molecule has 132 valence electrons. The van der Waals surface area contributed by atoms with Crippen LogP contribution in [0.1, 0.15) is 18.9 Å². The fourth-order valence-corrected chi connectivity index (χ4v) is 3.22. The second kappa shape index (κ2) is 8.63. The summed E-state index contributed by atoms with van der Waals surface area (Å²) in [4.78, 5) is 12.1. The summed E-state index contributed by atoms with van der Waals surface area (Å²) in [6.07, 6.45) is 0.724. The van der Waals surface area contributed by atoms with Gasteiger partial charge in [-0.25, -0.2) is 5.43 Å². The van der Waals surface area contributed by atoms with Crippen LogP contribution in [0.5, 0.6) is 5.75 Å². The summed E-state index contributed by atoms with van der Waals surface area (Å²) in [7, 11) is 0. The van der Waals surface area contributed by atoms with Crippen LogP contribution in [0.3, 0.4) is 0 Å². The lowest BCUT2D eigenvalue weighted by atomic mass is 10.1. The molecular formula is C21H19BrN2O2. The first-order valence-electron chi connectivity index (χ1n) is 8.40. The second-order valence-electron chi connectivity index (χ2n) is 5.70. The van der Waals surface area contributed by atoms with Gasteiger partial charge in [0.1, 0.15) is 5.75 Å². The Morgan fingerprint density at radius 1 is 1.04 bits per heavy atom. The maximum Gasteiger partial charge on any atom is 0.277 e. The number of benzene rings is 3. The van der Waals surface area contributed by atoms with Gasteiger partial charge >= 0.3 is 0 Å². The van der Waals surface area contributed by atoms with Crippen LogP contribution >= 0.6 is 15.9 Å². The van der Waals surface area contributed by atoms with E-state index < -0.39 is 0 Å². The molecule has 0 atom stereocenters. The molecule has 5 heteroatoms. The van der Waals surface area contributed by atoms with E-state index in [0.717, 1.165) is 32.9 Å². The van der Waals surface area contributed by atoms with E-state index in [0.29, 0.717) is 5.75 Å². The van der Waals surface area contributed by atoms with Gasteiger partial charge in [-0.3, -0.25) is 4.79 Å². The van der Waals surface area contributed by atoms with Gasteiger partial charge in [0.25, 0.3) is 5.91 Å². The number of carbonyl (C=O) groups excluding carboxylic acids is 1. The zero-order valence-corrected chi connectivity index (χ0v) is 16.0. The smallest absolute Gasteiger partial charge is 0.277 e. The molecule has 0 spiro atoms. The molecule has 3 aromatic carbocycles. The lowest BCUT2D eigenvalue weighted by Gasteiger charge is -2.10. The molecule has 0 bridgehead atoms. The number of hydrogen-bond donors (Lipinski definition) is 1. The Labute approximate surface area is 161 Å². The summed E-state index contributed by atoms with van der Waals surface area (Å²) in [5.74, 6) is 0.327. The predicted octanol–water partition coefficient (Wildman–Crippen LogP) is 4.91. The minimum atomic E-state index is -0.299. The first-order chi connectivity index (χ1) is 12.7. The molecule has 0 unspecified atom stereocenters. The number of halogens is 1. The molecule has 0 aliphatic rings. The van der Waals surface area contributed by atoms with Crippen LogP contribution < -0.4 is 10.2 Å². The van der Waals surface area contributed by atoms with Crippen LogP contribution in [0, 0.1) is 0 Å². The Bertz CT molecular complexity index is 939. The molecule has 1 N–H and O–H groups in total. The van der Waals surface area contributed by atoms with Crippen molar-refractivity contribution in [3.8, 4) is 5.75 Å². The summed E-state index contributed by atoms with van der Waals surface area (Å²) in [5, 5.41) is 6.37. The average molecular weight is 411 g/mol. The van der Waals surface area contributed by atoms with E-state index in [-0.39, 0.29) is 12.5 Å². The topological polar surface area (TPSA) is 50.7 Å². The number of nitrogens with zero attached hydrogens (tertiary/aromatic N) is 1. The van der Waals surface area contributed by atoms with Gasteiger partial charge in [-0.1, -0.05) is 67.6 Å². The Hall–Kier alpha value is -2.66. The summed E-state index contributed by atoms with van der Waals surface area (Å²) in [5.41, 5.74) is 4.39. The molecule has 0 fully saturated rings. The van der Waals surface area contributed by atoms with Crippen LogP contribution in [-0.4, -0.2) is 18.2 Å². The van der Waals surface area contributed by atoms with Gasteiger partial charge in [0.05, 0.1) is 10.2 Å². The number of carbonyl (C=O) groups is 1. The van der Waals surface area contributed by atoms with Gasteiger partial charge in [0.2, 0.25) is 0 Å². The number of fused-ring (bicyclic) bond motifs is 1. The Kier molecular flexibility index (Phi) is 6.02. The molecule has 0 radical (unpaired) electrons. The summed E-state index contributed by atoms with van der Waals surface area (Å²) < 4.78 is 6.49. The third-order valence-electron chi connectivity index (χ3n) is 3.94. The van der Waals surface area contributed by atoms with E-state index in [9.17, 15) is 4.79 Å². The van der Waals surface area contributed by atoms with Gasteiger partial charge in [0, 0.05) is 0 Å². The van der Waals surface area contributed by atoms with Crippen LogP contribution in [0.4, 0.5) is 0 Å². The second-order valence-corrected chi connectivity index (χ2v) is 6.49. The van der Waals surface area contributed by atoms with E-state index in [2.05, 4.69) is 26.5 Å². The van der Waals surface area contributed by atoms with Gasteiger partial charge in [0.15, 0.2) is 6.61 Å². The van der Waals surface area contributed by atoms with Crippen molar-refractivity contribution < 1.29 is 9.53 Å². The van der Waals surface area contributed by atoms with Crippen molar-refractivity contribution in [3.05, 3.63) is 76.8 Å². The van der Waals surface area contributed by atoms with Gasteiger partial charge < -0.3 is 4.74 Å². The molecule has 4 nitrogen and oxygen atoms in total. The van der Waals surface area contributed by atoms with Gasteiger partial charge in [-0.05, 0) is 44.8 Å². The van der Waals surface area contributed by atoms with E-state index in [1.807, 2.05) is 73.7 Å². The number of hydrazone groups is 1. The highest BCUT2D eigenvalue weighted by Crippen LogP contribution is 2.32. The van der Waals surface area contributed by atoms with Gasteiger partial charge in [-0.2, -0.15) is 5.10 Å². The van der Waals surface area contributed by atoms with Crippen molar-refractivity contribution in [2.45, 2.75) is 13.3 Å². The Morgan fingerprint density at radius 2 is 1.77 bits per heavy atom. The SMILES string of the molecule is CCC(=NNC(=O)COc1ccc2ccccc2c1Br)c1ccccc1. The molecule has 3 aromatic rings. The van der Waals surface area contributed by atoms with Crippen LogP contribution in [0.25, 0.3) is 10.8 Å². The summed E-state index contributed by atoms with van der Waals surface area (Å²) in [6, 6.07) is 21.6. The zero-order valence-electron chi connectivity index (χ0n) is 14.4. The van der Waals surface area contributed by atoms with Crippen LogP contribution in [0.15, 0.2) is 76.3 Å². The zero-order chi connectivity index (χ0) is 18.4. The Balaban J connectivity index is 1.64. The standard InChI is InChI=1S/C21H19BrN2O2/c1-2-18(16-9-4-3-5-10-16)23-24-20(25)14-26-19-13-12-15-8-6-7-11-17(15)21(19)22/h3-13H,2,14H2,1H3,(H,24,25). The predicted molar refractivity (Wildman–Crippen MR) is 109 cm³/mol. The summed E-state index contributed by atoms with van der Waals surface area (Å²) in [6.45, 7) is 1.90. The lowest BCUT2D eigenvalue weighted by Crippen LogP contribution is -2.26. The van der Waals surface area contributed by atoms with Gasteiger partial charge in [-0.15, -0.1) is 0 Å². The number of ether oxygens (including phenoxy) is 1. The molecule has 0 aliphatic carbocycles. The monoisotopic (exact) mass is 410 g/mol. The molecular weight excluding hydrogens is 392 g/mol. The number of nitrogens with one attached hydrogen (secondary N) is 1. The highest BCUT2D eigenvalue weighted by atomic mass is 79.9. The minimum Gasteiger partial charge on any atom is -0.483 e. The molecule has 0 saturated heterocycles. The van der Waals surface area contributed by atoms with Crippen molar-refractivity contribution in [2.75, 3.05) is 6.61 Å². The molecule has 0 saturated carbocycles. The first kappa shape index (κ1) is 18.1. The van der Waals surface area contributed by atoms with Crippen molar-refractivity contribution in [3.63, 3.8) is 0 Å². The fraction of sp³-hybridized carbons (Fsp3) is 0.143. The molecule has 0 heterocycles. The van der Waals surface area contributed by atoms with Crippen molar-refractivity contribution >= 4 is 38.3 Å². The van der Waals surface area contributed by atoms with Crippen LogP contribution in [0.2, 0.25) is 0 Å². The third kappa shape index (κ3) is 4.29. The largest absolute Gasteiger partial charge is 0.483 e. The average Bonchev–Trinajstić information content (AvgIpc) is 2.69.